The van der Waals surface area contributed by atoms with Gasteiger partial charge in [-0.1, -0.05) is 6.07 Å². The van der Waals surface area contributed by atoms with Crippen molar-refractivity contribution in [3.05, 3.63) is 23.8 Å². The molecule has 0 aliphatic carbocycles. The second kappa shape index (κ2) is 6.42. The van der Waals surface area contributed by atoms with Crippen molar-refractivity contribution in [1.29, 1.82) is 0 Å². The normalized spacial score (nSPS) is 14.5. The summed E-state index contributed by atoms with van der Waals surface area (Å²) >= 11 is 0. The number of phenols is 1. The van der Waals surface area contributed by atoms with E-state index in [1.54, 1.807) is 0 Å². The Morgan fingerprint density at radius 2 is 2.10 bits per heavy atom. The molecule has 0 unspecified atom stereocenters. The van der Waals surface area contributed by atoms with Crippen LogP contribution in [0.3, 0.4) is 0 Å². The molecule has 21 heavy (non-hydrogen) atoms. The number of phenolic OH excluding ortho intramolecular Hbond substituents is 1. The molecule has 7 N–H and O–H groups in total. The summed E-state index contributed by atoms with van der Waals surface area (Å²) in [7, 11) is -4.39. The van der Waals surface area contributed by atoms with Crippen LogP contribution in [0.2, 0.25) is 0 Å². The molecular weight excluding hydrogens is 303 g/mol. The van der Waals surface area contributed by atoms with Crippen molar-refractivity contribution in [2.75, 3.05) is 6.35 Å². The van der Waals surface area contributed by atoms with Crippen LogP contribution in [0, 0.1) is 0 Å². The number of ether oxygens (including phenoxy) is 1. The highest BCUT2D eigenvalue weighted by atomic mass is 31.2. The van der Waals surface area contributed by atoms with E-state index >= 15 is 0 Å². The molecule has 0 aliphatic rings. The molecule has 0 bridgehead atoms. The first-order valence-corrected chi connectivity index (χ1v) is 7.57. The molecule has 0 radical (unpaired) electrons. The molecule has 0 heterocycles. The largest absolute Gasteiger partial charge is 0.504 e. The number of hydrogen-bond donors (Lipinski definition) is 6. The van der Waals surface area contributed by atoms with Crippen molar-refractivity contribution in [3.8, 4) is 11.5 Å². The number of carboxylic acids is 1. The lowest BCUT2D eigenvalue weighted by Crippen LogP contribution is -2.54. The van der Waals surface area contributed by atoms with E-state index in [0.29, 0.717) is 5.56 Å². The van der Waals surface area contributed by atoms with Gasteiger partial charge in [0.25, 0.3) is 0 Å². The molecular formula is C11H17N2O7P. The lowest BCUT2D eigenvalue weighted by molar-refractivity contribution is -0.144. The van der Waals surface area contributed by atoms with E-state index in [4.69, 9.17) is 25.5 Å². The van der Waals surface area contributed by atoms with E-state index in [-0.39, 0.29) is 17.9 Å². The van der Waals surface area contributed by atoms with Gasteiger partial charge in [0, 0.05) is 6.42 Å². The highest BCUT2D eigenvalue weighted by molar-refractivity contribution is 7.51. The fourth-order valence-electron chi connectivity index (χ4n) is 1.53. The number of aromatic hydroxyl groups is 1. The fraction of sp³-hybridized carbons (Fsp3) is 0.364. The molecule has 0 aliphatic heterocycles. The molecule has 0 spiro atoms. The monoisotopic (exact) mass is 320 g/mol. The lowest BCUT2D eigenvalue weighted by Gasteiger charge is -2.24. The summed E-state index contributed by atoms with van der Waals surface area (Å²) in [6.45, 7) is 1.37. The smallest absolute Gasteiger partial charge is 0.362 e. The average molecular weight is 320 g/mol. The van der Waals surface area contributed by atoms with Gasteiger partial charge in [0.2, 0.25) is 0 Å². The Kier molecular flexibility index (Phi) is 5.32. The first-order valence-electron chi connectivity index (χ1n) is 5.78. The number of nitrogens with one attached hydrogen (secondary N) is 1. The van der Waals surface area contributed by atoms with E-state index in [9.17, 15) is 14.5 Å². The summed E-state index contributed by atoms with van der Waals surface area (Å²) in [5, 5.41) is 18.7. The Bertz CT molecular complexity index is 574. The first kappa shape index (κ1) is 17.4. The van der Waals surface area contributed by atoms with Crippen LogP contribution in [0.1, 0.15) is 12.5 Å². The maximum absolute atomic E-state index is 11.1. The number of hydrazine groups is 1. The van der Waals surface area contributed by atoms with Crippen molar-refractivity contribution >= 4 is 13.6 Å². The van der Waals surface area contributed by atoms with Crippen LogP contribution in [-0.4, -0.2) is 37.9 Å². The Hall–Kier alpha value is -1.64. The minimum atomic E-state index is -4.39. The molecule has 1 rings (SSSR count). The van der Waals surface area contributed by atoms with Crippen molar-refractivity contribution in [2.24, 2.45) is 5.84 Å². The molecule has 0 fully saturated rings. The molecule has 9 nitrogen and oxygen atoms in total. The quantitative estimate of drug-likeness (QED) is 0.226. The Labute approximate surface area is 120 Å². The zero-order valence-corrected chi connectivity index (χ0v) is 12.1. The number of nitrogens with two attached hydrogens (primary N) is 1. The number of carbonyl (C=O) groups is 1. The number of rotatable bonds is 7. The summed E-state index contributed by atoms with van der Waals surface area (Å²) < 4.78 is 15.6. The molecule has 1 atom stereocenters. The summed E-state index contributed by atoms with van der Waals surface area (Å²) in [4.78, 5) is 28.6. The van der Waals surface area contributed by atoms with Gasteiger partial charge in [-0.2, -0.15) is 0 Å². The molecule has 10 heteroatoms. The van der Waals surface area contributed by atoms with Crippen molar-refractivity contribution in [3.63, 3.8) is 0 Å². The van der Waals surface area contributed by atoms with Crippen molar-refractivity contribution < 1.29 is 34.1 Å². The van der Waals surface area contributed by atoms with E-state index in [0.717, 1.165) is 0 Å². The van der Waals surface area contributed by atoms with Gasteiger partial charge in [0.1, 0.15) is 5.54 Å². The summed E-state index contributed by atoms with van der Waals surface area (Å²) in [5.41, 5.74) is 1.21. The zero-order chi connectivity index (χ0) is 16.3. The van der Waals surface area contributed by atoms with Crippen LogP contribution in [0.4, 0.5) is 0 Å². The predicted molar refractivity (Wildman–Crippen MR) is 72.7 cm³/mol. The van der Waals surface area contributed by atoms with Gasteiger partial charge in [-0.15, -0.1) is 0 Å². The number of carboxylic acid groups (broad SMARTS) is 1. The lowest BCUT2D eigenvalue weighted by atomic mass is 9.93. The van der Waals surface area contributed by atoms with E-state index in [1.807, 2.05) is 0 Å². The van der Waals surface area contributed by atoms with Crippen molar-refractivity contribution in [2.45, 2.75) is 18.9 Å². The van der Waals surface area contributed by atoms with E-state index in [1.165, 1.54) is 25.1 Å². The van der Waals surface area contributed by atoms with Crippen LogP contribution in [0.25, 0.3) is 0 Å². The Balaban J connectivity index is 2.96. The SMILES string of the molecule is C[C@@](Cc1ccc(O)c(OCP(=O)(O)O)c1)(NN)C(=O)O. The summed E-state index contributed by atoms with van der Waals surface area (Å²) in [6, 6.07) is 3.99. The summed E-state index contributed by atoms with van der Waals surface area (Å²) in [5.74, 6) is 3.59. The zero-order valence-electron chi connectivity index (χ0n) is 11.2. The molecule has 1 aromatic carbocycles. The standard InChI is InChI=1S/C11H17N2O7P/c1-11(13-12,10(15)16)5-7-2-3-8(14)9(4-7)20-6-21(17,18)19/h2-4,13-14H,5-6,12H2,1H3,(H,15,16)(H2,17,18,19)/t11-/m0/s1. The van der Waals surface area contributed by atoms with Gasteiger partial charge in [0.05, 0.1) is 0 Å². The third-order valence-electron chi connectivity index (χ3n) is 2.76. The molecule has 0 amide bonds. The first-order chi connectivity index (χ1) is 9.57. The van der Waals surface area contributed by atoms with Crippen molar-refractivity contribution in [1.82, 2.24) is 5.43 Å². The van der Waals surface area contributed by atoms with Crippen LogP contribution >= 0.6 is 7.60 Å². The second-order valence-electron chi connectivity index (χ2n) is 4.70. The van der Waals surface area contributed by atoms with Crippen LogP contribution in [-0.2, 0) is 15.8 Å². The topological polar surface area (TPSA) is 162 Å². The second-order valence-corrected chi connectivity index (χ2v) is 6.29. The molecule has 118 valence electrons. The van der Waals surface area contributed by atoms with Gasteiger partial charge < -0.3 is 24.7 Å². The van der Waals surface area contributed by atoms with Crippen LogP contribution < -0.4 is 16.0 Å². The van der Waals surface area contributed by atoms with Gasteiger partial charge in [-0.3, -0.25) is 15.2 Å². The van der Waals surface area contributed by atoms with Crippen LogP contribution in [0.5, 0.6) is 11.5 Å². The predicted octanol–water partition coefficient (Wildman–Crippen LogP) is -0.245. The Morgan fingerprint density at radius 3 is 2.57 bits per heavy atom. The molecule has 0 saturated heterocycles. The van der Waals surface area contributed by atoms with E-state index in [2.05, 4.69) is 5.43 Å². The minimum Gasteiger partial charge on any atom is -0.504 e. The molecule has 1 aromatic rings. The number of benzene rings is 1. The number of hydrogen-bond acceptors (Lipinski definition) is 6. The average Bonchev–Trinajstić information content (AvgIpc) is 2.38. The van der Waals surface area contributed by atoms with Gasteiger partial charge in [-0.25, -0.2) is 5.43 Å². The van der Waals surface area contributed by atoms with Gasteiger partial charge in [-0.05, 0) is 24.6 Å². The molecule has 0 aromatic heterocycles. The maximum atomic E-state index is 11.1. The highest BCUT2D eigenvalue weighted by Crippen LogP contribution is 2.37. The van der Waals surface area contributed by atoms with Gasteiger partial charge in [0.15, 0.2) is 17.8 Å². The highest BCUT2D eigenvalue weighted by Gasteiger charge is 2.32. The number of aliphatic carboxylic acids is 1. The summed E-state index contributed by atoms with van der Waals surface area (Å²) in [6.07, 6.45) is -0.916. The van der Waals surface area contributed by atoms with Gasteiger partial charge >= 0.3 is 13.6 Å². The third kappa shape index (κ3) is 5.00. The van der Waals surface area contributed by atoms with E-state index < -0.39 is 25.5 Å². The molecule has 0 saturated carbocycles. The third-order valence-corrected chi connectivity index (χ3v) is 3.23. The van der Waals surface area contributed by atoms with Crippen LogP contribution in [0.15, 0.2) is 18.2 Å². The Morgan fingerprint density at radius 1 is 1.48 bits per heavy atom. The minimum absolute atomic E-state index is 0.0224. The maximum Gasteiger partial charge on any atom is 0.362 e. The fourth-order valence-corrected chi connectivity index (χ4v) is 1.84.